The van der Waals surface area contributed by atoms with Crippen LogP contribution in [0.25, 0.3) is 0 Å². The van der Waals surface area contributed by atoms with E-state index in [-0.39, 0.29) is 5.41 Å². The van der Waals surface area contributed by atoms with E-state index in [2.05, 4.69) is 0 Å². The second kappa shape index (κ2) is 3.60. The minimum atomic E-state index is -0.452. The zero-order valence-corrected chi connectivity index (χ0v) is 9.43. The number of aliphatic hydroxyl groups excluding tert-OH is 1. The van der Waals surface area contributed by atoms with Crippen LogP contribution in [0.3, 0.4) is 0 Å². The molecule has 1 aromatic rings. The van der Waals surface area contributed by atoms with Crippen molar-refractivity contribution in [2.45, 2.75) is 31.8 Å². The lowest BCUT2D eigenvalue weighted by Crippen LogP contribution is -2.41. The van der Waals surface area contributed by atoms with Crippen molar-refractivity contribution in [3.05, 3.63) is 24.2 Å². The predicted octanol–water partition coefficient (Wildman–Crippen LogP) is 2.08. The van der Waals surface area contributed by atoms with Gasteiger partial charge in [0.1, 0.15) is 0 Å². The van der Waals surface area contributed by atoms with Crippen molar-refractivity contribution in [3.63, 3.8) is 0 Å². The lowest BCUT2D eigenvalue weighted by atomic mass is 9.68. The van der Waals surface area contributed by atoms with Gasteiger partial charge < -0.3 is 15.3 Å². The Balaban J connectivity index is 1.91. The van der Waals surface area contributed by atoms with Crippen LogP contribution in [-0.4, -0.2) is 11.7 Å². The van der Waals surface area contributed by atoms with Crippen LogP contribution in [-0.2, 0) is 0 Å². The number of nitrogens with two attached hydrogens (primary N) is 1. The summed E-state index contributed by atoms with van der Waals surface area (Å²) in [6.45, 7) is 0.584. The normalized spacial score (nSPS) is 39.1. The molecule has 1 heterocycles. The smallest absolute Gasteiger partial charge is 0.0960 e. The second-order valence-electron chi connectivity index (χ2n) is 5.48. The SMILES string of the molecule is NCC1(C(O)c2ccoc2)CC2CCC1C2. The number of fused-ring (bicyclic) bond motifs is 2. The summed E-state index contributed by atoms with van der Waals surface area (Å²) >= 11 is 0. The molecule has 88 valence electrons. The maximum atomic E-state index is 10.5. The Labute approximate surface area is 95.6 Å². The lowest BCUT2D eigenvalue weighted by molar-refractivity contribution is -0.0133. The molecule has 4 atom stereocenters. The standard InChI is InChI=1S/C13H19NO2/c14-8-13(6-9-1-2-11(13)5-9)12(15)10-3-4-16-7-10/h3-4,7,9,11-12,15H,1-2,5-6,8,14H2. The Kier molecular flexibility index (Phi) is 2.33. The van der Waals surface area contributed by atoms with Gasteiger partial charge in [-0.05, 0) is 37.2 Å². The highest BCUT2D eigenvalue weighted by Gasteiger charge is 2.54. The lowest BCUT2D eigenvalue weighted by Gasteiger charge is -2.40. The first-order valence-electron chi connectivity index (χ1n) is 6.16. The molecule has 0 radical (unpaired) electrons. The van der Waals surface area contributed by atoms with E-state index in [4.69, 9.17) is 10.2 Å². The summed E-state index contributed by atoms with van der Waals surface area (Å²) in [6, 6.07) is 1.86. The molecule has 4 unspecified atom stereocenters. The minimum Gasteiger partial charge on any atom is -0.472 e. The molecule has 3 nitrogen and oxygen atoms in total. The molecule has 3 rings (SSSR count). The van der Waals surface area contributed by atoms with Gasteiger partial charge >= 0.3 is 0 Å². The molecule has 2 bridgehead atoms. The zero-order chi connectivity index (χ0) is 11.2. The van der Waals surface area contributed by atoms with E-state index in [0.29, 0.717) is 12.5 Å². The van der Waals surface area contributed by atoms with Gasteiger partial charge in [-0.1, -0.05) is 6.42 Å². The molecule has 2 fully saturated rings. The van der Waals surface area contributed by atoms with Crippen molar-refractivity contribution < 1.29 is 9.52 Å². The fourth-order valence-corrected chi connectivity index (χ4v) is 3.95. The van der Waals surface area contributed by atoms with Gasteiger partial charge in [0.05, 0.1) is 18.6 Å². The van der Waals surface area contributed by atoms with Crippen molar-refractivity contribution in [2.24, 2.45) is 23.0 Å². The van der Waals surface area contributed by atoms with Crippen LogP contribution in [0.2, 0.25) is 0 Å². The van der Waals surface area contributed by atoms with E-state index >= 15 is 0 Å². The molecule has 3 N–H and O–H groups in total. The molecule has 0 aliphatic heterocycles. The molecule has 1 aromatic heterocycles. The Morgan fingerprint density at radius 1 is 1.56 bits per heavy atom. The fraction of sp³-hybridized carbons (Fsp3) is 0.692. The number of hydrogen-bond donors (Lipinski definition) is 2. The Bertz CT molecular complexity index is 362. The largest absolute Gasteiger partial charge is 0.472 e. The van der Waals surface area contributed by atoms with E-state index in [9.17, 15) is 5.11 Å². The minimum absolute atomic E-state index is 0.0905. The van der Waals surface area contributed by atoms with Crippen molar-refractivity contribution in [1.82, 2.24) is 0 Å². The van der Waals surface area contributed by atoms with Gasteiger partial charge in [0.15, 0.2) is 0 Å². The zero-order valence-electron chi connectivity index (χ0n) is 9.43. The maximum absolute atomic E-state index is 10.5. The molecular formula is C13H19NO2. The van der Waals surface area contributed by atoms with Gasteiger partial charge in [-0.15, -0.1) is 0 Å². The van der Waals surface area contributed by atoms with Gasteiger partial charge in [0.2, 0.25) is 0 Å². The first-order chi connectivity index (χ1) is 7.76. The molecule has 0 aromatic carbocycles. The summed E-state index contributed by atoms with van der Waals surface area (Å²) < 4.78 is 5.06. The summed E-state index contributed by atoms with van der Waals surface area (Å²) in [5.41, 5.74) is 6.77. The summed E-state index contributed by atoms with van der Waals surface area (Å²) in [5.74, 6) is 1.39. The third-order valence-corrected chi connectivity index (χ3v) is 4.81. The molecule has 2 saturated carbocycles. The van der Waals surface area contributed by atoms with Crippen LogP contribution in [0.15, 0.2) is 23.0 Å². The van der Waals surface area contributed by atoms with E-state index in [1.807, 2.05) is 6.07 Å². The molecule has 2 aliphatic carbocycles. The number of hydrogen-bond acceptors (Lipinski definition) is 3. The van der Waals surface area contributed by atoms with Gasteiger partial charge in [0.25, 0.3) is 0 Å². The monoisotopic (exact) mass is 221 g/mol. The van der Waals surface area contributed by atoms with Gasteiger partial charge in [-0.25, -0.2) is 0 Å². The number of aliphatic hydroxyl groups is 1. The van der Waals surface area contributed by atoms with Crippen molar-refractivity contribution in [2.75, 3.05) is 6.54 Å². The van der Waals surface area contributed by atoms with Crippen LogP contribution in [0.5, 0.6) is 0 Å². The van der Waals surface area contributed by atoms with E-state index in [1.165, 1.54) is 19.3 Å². The summed E-state index contributed by atoms with van der Waals surface area (Å²) in [7, 11) is 0. The van der Waals surface area contributed by atoms with Crippen molar-refractivity contribution in [1.29, 1.82) is 0 Å². The molecule has 16 heavy (non-hydrogen) atoms. The molecule has 2 aliphatic rings. The van der Waals surface area contributed by atoms with Crippen LogP contribution >= 0.6 is 0 Å². The first-order valence-corrected chi connectivity index (χ1v) is 6.16. The second-order valence-corrected chi connectivity index (χ2v) is 5.48. The molecule has 0 spiro atoms. The molecular weight excluding hydrogens is 202 g/mol. The van der Waals surface area contributed by atoms with Gasteiger partial charge in [-0.3, -0.25) is 0 Å². The summed E-state index contributed by atoms with van der Waals surface area (Å²) in [4.78, 5) is 0. The number of furan rings is 1. The van der Waals surface area contributed by atoms with E-state index in [0.717, 1.165) is 17.9 Å². The highest BCUT2D eigenvalue weighted by molar-refractivity contribution is 5.17. The molecule has 0 amide bonds. The number of rotatable bonds is 3. The van der Waals surface area contributed by atoms with Gasteiger partial charge in [0, 0.05) is 17.5 Å². The third kappa shape index (κ3) is 1.28. The summed E-state index contributed by atoms with van der Waals surface area (Å²) in [6.07, 6.45) is 7.71. The van der Waals surface area contributed by atoms with Crippen molar-refractivity contribution >= 4 is 0 Å². The van der Waals surface area contributed by atoms with Crippen LogP contribution in [0, 0.1) is 17.3 Å². The first kappa shape index (κ1) is 10.4. The highest BCUT2D eigenvalue weighted by Crippen LogP contribution is 2.60. The third-order valence-electron chi connectivity index (χ3n) is 4.81. The fourth-order valence-electron chi connectivity index (χ4n) is 3.95. The van der Waals surface area contributed by atoms with Crippen LogP contribution < -0.4 is 5.73 Å². The quantitative estimate of drug-likeness (QED) is 0.821. The summed E-state index contributed by atoms with van der Waals surface area (Å²) in [5, 5.41) is 10.5. The Morgan fingerprint density at radius 2 is 2.44 bits per heavy atom. The van der Waals surface area contributed by atoms with Crippen LogP contribution in [0.4, 0.5) is 0 Å². The Morgan fingerprint density at radius 3 is 2.94 bits per heavy atom. The average molecular weight is 221 g/mol. The Hall–Kier alpha value is -0.800. The highest BCUT2D eigenvalue weighted by atomic mass is 16.3. The van der Waals surface area contributed by atoms with Crippen molar-refractivity contribution in [3.8, 4) is 0 Å². The van der Waals surface area contributed by atoms with E-state index in [1.54, 1.807) is 12.5 Å². The van der Waals surface area contributed by atoms with Crippen LogP contribution in [0.1, 0.15) is 37.4 Å². The predicted molar refractivity (Wildman–Crippen MR) is 60.6 cm³/mol. The average Bonchev–Trinajstić information content (AvgIpc) is 3.03. The molecule has 3 heteroatoms. The molecule has 0 saturated heterocycles. The van der Waals surface area contributed by atoms with Gasteiger partial charge in [-0.2, -0.15) is 0 Å². The topological polar surface area (TPSA) is 59.4 Å². The maximum Gasteiger partial charge on any atom is 0.0960 e. The van der Waals surface area contributed by atoms with E-state index < -0.39 is 6.10 Å².